The minimum absolute atomic E-state index is 0. The number of piperidine rings is 2. The summed E-state index contributed by atoms with van der Waals surface area (Å²) in [6.07, 6.45) is 6.26. The van der Waals surface area contributed by atoms with Crippen molar-refractivity contribution in [3.8, 4) is 0 Å². The van der Waals surface area contributed by atoms with Gasteiger partial charge in [-0.25, -0.2) is 12.7 Å². The van der Waals surface area contributed by atoms with E-state index in [1.807, 2.05) is 0 Å². The van der Waals surface area contributed by atoms with Gasteiger partial charge in [-0.1, -0.05) is 0 Å². The Morgan fingerprint density at radius 1 is 0.909 bits per heavy atom. The largest absolute Gasteiger partial charge is 0.317 e. The third-order valence-corrected chi connectivity index (χ3v) is 7.75. The minimum Gasteiger partial charge on any atom is -0.317 e. The molecule has 0 atom stereocenters. The summed E-state index contributed by atoms with van der Waals surface area (Å²) in [4.78, 5) is 2.49. The van der Waals surface area contributed by atoms with Gasteiger partial charge in [-0.15, -0.1) is 12.4 Å². The number of hydrogen-bond donors (Lipinski definition) is 1. The van der Waals surface area contributed by atoms with E-state index >= 15 is 0 Å². The van der Waals surface area contributed by atoms with E-state index in [4.69, 9.17) is 0 Å². The Balaban J connectivity index is 0.00000176. The molecule has 0 bridgehead atoms. The van der Waals surface area contributed by atoms with Crippen molar-refractivity contribution in [3.63, 3.8) is 0 Å². The molecule has 3 aliphatic rings. The standard InChI is InChI=1S/C15H29N3O2S.ClH/c19-21(20,18-9-1-2-10-18)15-5-11-17(12-6-15)13-14-3-7-16-8-4-14;/h14-16H,1-13H2;1H. The van der Waals surface area contributed by atoms with E-state index in [9.17, 15) is 8.42 Å². The van der Waals surface area contributed by atoms with Crippen LogP contribution < -0.4 is 5.32 Å². The number of sulfonamides is 1. The van der Waals surface area contributed by atoms with Crippen molar-refractivity contribution in [1.82, 2.24) is 14.5 Å². The van der Waals surface area contributed by atoms with Gasteiger partial charge >= 0.3 is 0 Å². The van der Waals surface area contributed by atoms with Gasteiger partial charge in [-0.05, 0) is 70.6 Å². The van der Waals surface area contributed by atoms with Gasteiger partial charge in [0, 0.05) is 19.6 Å². The second-order valence-corrected chi connectivity index (χ2v) is 9.06. The molecule has 7 heteroatoms. The molecule has 0 aromatic carbocycles. The van der Waals surface area contributed by atoms with Crippen LogP contribution in [-0.4, -0.2) is 68.7 Å². The lowest BCUT2D eigenvalue weighted by atomic mass is 9.96. The summed E-state index contributed by atoms with van der Waals surface area (Å²) in [5, 5.41) is 3.28. The highest BCUT2D eigenvalue weighted by Crippen LogP contribution is 2.25. The van der Waals surface area contributed by atoms with Crippen molar-refractivity contribution in [1.29, 1.82) is 0 Å². The molecule has 3 heterocycles. The lowest BCUT2D eigenvalue weighted by Gasteiger charge is -2.36. The smallest absolute Gasteiger partial charge is 0.217 e. The monoisotopic (exact) mass is 351 g/mol. The highest BCUT2D eigenvalue weighted by Gasteiger charge is 2.36. The summed E-state index contributed by atoms with van der Waals surface area (Å²) in [7, 11) is -3.02. The number of nitrogens with zero attached hydrogens (tertiary/aromatic N) is 2. The number of likely N-dealkylation sites (tertiary alicyclic amines) is 1. The SMILES string of the molecule is Cl.O=S(=O)(C1CCN(CC2CCNCC2)CC1)N1CCCC1. The summed E-state index contributed by atoms with van der Waals surface area (Å²) in [5.74, 6) is 0.804. The zero-order chi connectivity index (χ0) is 14.7. The predicted octanol–water partition coefficient (Wildman–Crippen LogP) is 1.30. The molecule has 130 valence electrons. The molecule has 0 aromatic rings. The summed E-state index contributed by atoms with van der Waals surface area (Å²) >= 11 is 0. The Labute approximate surface area is 141 Å². The fraction of sp³-hybridized carbons (Fsp3) is 1.00. The zero-order valence-electron chi connectivity index (χ0n) is 13.4. The molecule has 0 aromatic heterocycles. The average molecular weight is 352 g/mol. The lowest BCUT2D eigenvalue weighted by Crippen LogP contribution is -2.46. The van der Waals surface area contributed by atoms with Crippen LogP contribution in [0.5, 0.6) is 0 Å². The molecule has 3 fully saturated rings. The highest BCUT2D eigenvalue weighted by molar-refractivity contribution is 7.89. The van der Waals surface area contributed by atoms with Crippen LogP contribution in [0.1, 0.15) is 38.5 Å². The third-order valence-electron chi connectivity index (χ3n) is 5.36. The molecule has 0 amide bonds. The van der Waals surface area contributed by atoms with Crippen LogP contribution in [0, 0.1) is 5.92 Å². The van der Waals surface area contributed by atoms with Crippen LogP contribution in [-0.2, 0) is 10.0 Å². The van der Waals surface area contributed by atoms with Gasteiger partial charge in [0.1, 0.15) is 0 Å². The number of hydrogen-bond acceptors (Lipinski definition) is 4. The first-order valence-electron chi connectivity index (χ1n) is 8.58. The Bertz CT molecular complexity index is 426. The van der Waals surface area contributed by atoms with E-state index in [2.05, 4.69) is 10.2 Å². The van der Waals surface area contributed by atoms with Crippen LogP contribution in [0.3, 0.4) is 0 Å². The molecule has 5 nitrogen and oxygen atoms in total. The van der Waals surface area contributed by atoms with Crippen LogP contribution in [0.25, 0.3) is 0 Å². The molecule has 0 unspecified atom stereocenters. The second-order valence-electron chi connectivity index (χ2n) is 6.84. The fourth-order valence-corrected chi connectivity index (χ4v) is 5.97. The molecule has 1 N–H and O–H groups in total. The molecule has 3 rings (SSSR count). The van der Waals surface area contributed by atoms with E-state index in [0.29, 0.717) is 0 Å². The van der Waals surface area contributed by atoms with Gasteiger partial charge in [-0.2, -0.15) is 0 Å². The first kappa shape index (κ1) is 18.5. The van der Waals surface area contributed by atoms with Gasteiger partial charge in [0.05, 0.1) is 5.25 Å². The maximum Gasteiger partial charge on any atom is 0.217 e. The number of nitrogens with one attached hydrogen (secondary N) is 1. The summed E-state index contributed by atoms with van der Waals surface area (Å²) in [6, 6.07) is 0. The molecule has 3 saturated heterocycles. The average Bonchev–Trinajstić information content (AvgIpc) is 3.04. The van der Waals surface area contributed by atoms with Crippen molar-refractivity contribution < 1.29 is 8.42 Å². The Morgan fingerprint density at radius 3 is 2.09 bits per heavy atom. The number of halogens is 1. The lowest BCUT2D eigenvalue weighted by molar-refractivity contribution is 0.177. The summed E-state index contributed by atoms with van der Waals surface area (Å²) < 4.78 is 26.9. The maximum atomic E-state index is 12.6. The van der Waals surface area contributed by atoms with Crippen LogP contribution >= 0.6 is 12.4 Å². The minimum atomic E-state index is -3.02. The van der Waals surface area contributed by atoms with Crippen LogP contribution in [0.4, 0.5) is 0 Å². The summed E-state index contributed by atoms with van der Waals surface area (Å²) in [6.45, 7) is 6.87. The fourth-order valence-electron chi connectivity index (χ4n) is 3.97. The van der Waals surface area contributed by atoms with Crippen LogP contribution in [0.2, 0.25) is 0 Å². The molecule has 22 heavy (non-hydrogen) atoms. The molecular formula is C15H30ClN3O2S. The third kappa shape index (κ3) is 4.35. The summed E-state index contributed by atoms with van der Waals surface area (Å²) in [5.41, 5.74) is 0. The van der Waals surface area contributed by atoms with Crippen LogP contribution in [0.15, 0.2) is 0 Å². The Morgan fingerprint density at radius 2 is 1.50 bits per heavy atom. The topological polar surface area (TPSA) is 52.7 Å². The van der Waals surface area contributed by atoms with E-state index in [1.165, 1.54) is 12.8 Å². The molecule has 0 radical (unpaired) electrons. The van der Waals surface area contributed by atoms with Crippen molar-refractivity contribution in [2.24, 2.45) is 5.92 Å². The van der Waals surface area contributed by atoms with E-state index in [1.54, 1.807) is 4.31 Å². The van der Waals surface area contributed by atoms with Crippen molar-refractivity contribution >= 4 is 22.4 Å². The normalized spacial score (nSPS) is 26.9. The van der Waals surface area contributed by atoms with E-state index in [0.717, 1.165) is 77.4 Å². The van der Waals surface area contributed by atoms with Gasteiger partial charge in [-0.3, -0.25) is 0 Å². The molecular weight excluding hydrogens is 322 g/mol. The number of rotatable bonds is 4. The molecule has 0 aliphatic carbocycles. The van der Waals surface area contributed by atoms with Crippen molar-refractivity contribution in [2.75, 3.05) is 45.8 Å². The Hall–Kier alpha value is 0.120. The molecule has 3 aliphatic heterocycles. The maximum absolute atomic E-state index is 12.6. The highest BCUT2D eigenvalue weighted by atomic mass is 35.5. The van der Waals surface area contributed by atoms with Gasteiger partial charge in [0.2, 0.25) is 10.0 Å². The van der Waals surface area contributed by atoms with Crippen molar-refractivity contribution in [3.05, 3.63) is 0 Å². The zero-order valence-corrected chi connectivity index (χ0v) is 15.0. The van der Waals surface area contributed by atoms with E-state index < -0.39 is 10.0 Å². The van der Waals surface area contributed by atoms with Gasteiger partial charge in [0.15, 0.2) is 0 Å². The first-order chi connectivity index (χ1) is 10.2. The predicted molar refractivity (Wildman–Crippen MR) is 92.0 cm³/mol. The molecule has 0 spiro atoms. The Kier molecular flexibility index (Phi) is 6.95. The molecule has 0 saturated carbocycles. The first-order valence-corrected chi connectivity index (χ1v) is 10.1. The van der Waals surface area contributed by atoms with Gasteiger partial charge in [0.25, 0.3) is 0 Å². The van der Waals surface area contributed by atoms with Crippen molar-refractivity contribution in [2.45, 2.75) is 43.8 Å². The van der Waals surface area contributed by atoms with E-state index in [-0.39, 0.29) is 17.7 Å². The quantitative estimate of drug-likeness (QED) is 0.829. The van der Waals surface area contributed by atoms with Gasteiger partial charge < -0.3 is 10.2 Å². The second kappa shape index (κ2) is 8.29.